The maximum atomic E-state index is 12.1. The van der Waals surface area contributed by atoms with Gasteiger partial charge in [-0.1, -0.05) is 58.4 Å². The number of amides is 1. The Morgan fingerprint density at radius 2 is 1.22 bits per heavy atom. The second kappa shape index (κ2) is 6.80. The summed E-state index contributed by atoms with van der Waals surface area (Å²) >= 11 is 3.45. The fourth-order valence-electron chi connectivity index (χ4n) is 2.54. The van der Waals surface area contributed by atoms with Gasteiger partial charge in [0.2, 0.25) is 5.91 Å². The van der Waals surface area contributed by atoms with Crippen molar-refractivity contribution in [2.75, 3.05) is 4.90 Å². The van der Waals surface area contributed by atoms with Gasteiger partial charge in [-0.3, -0.25) is 9.69 Å². The van der Waals surface area contributed by atoms with E-state index in [0.29, 0.717) is 0 Å². The molecule has 3 heteroatoms. The molecule has 0 heterocycles. The van der Waals surface area contributed by atoms with Gasteiger partial charge in [0.1, 0.15) is 0 Å². The van der Waals surface area contributed by atoms with Gasteiger partial charge < -0.3 is 0 Å². The van der Waals surface area contributed by atoms with Crippen molar-refractivity contribution in [3.05, 3.63) is 83.3 Å². The number of hydrogen-bond donors (Lipinski definition) is 0. The molecule has 0 radical (unpaired) electrons. The Labute approximate surface area is 144 Å². The van der Waals surface area contributed by atoms with E-state index in [1.54, 1.807) is 11.8 Å². The highest BCUT2D eigenvalue weighted by molar-refractivity contribution is 9.10. The van der Waals surface area contributed by atoms with E-state index < -0.39 is 0 Å². The quantitative estimate of drug-likeness (QED) is 0.574. The van der Waals surface area contributed by atoms with Crippen LogP contribution in [0.3, 0.4) is 0 Å². The van der Waals surface area contributed by atoms with Gasteiger partial charge in [0, 0.05) is 22.8 Å². The smallest absolute Gasteiger partial charge is 0.228 e. The lowest BCUT2D eigenvalue weighted by Crippen LogP contribution is -2.22. The number of nitrogens with zero attached hydrogens (tertiary/aromatic N) is 1. The average molecular weight is 366 g/mol. The molecule has 0 aliphatic rings. The molecule has 1 amide bonds. The van der Waals surface area contributed by atoms with Gasteiger partial charge in [0.25, 0.3) is 0 Å². The molecule has 2 nitrogen and oxygen atoms in total. The van der Waals surface area contributed by atoms with E-state index in [2.05, 4.69) is 28.1 Å². The largest absolute Gasteiger partial charge is 0.281 e. The minimum atomic E-state index is -0.00686. The molecule has 23 heavy (non-hydrogen) atoms. The van der Waals surface area contributed by atoms with Crippen LogP contribution >= 0.6 is 15.9 Å². The lowest BCUT2D eigenvalue weighted by Gasteiger charge is -2.21. The topological polar surface area (TPSA) is 20.3 Å². The van der Waals surface area contributed by atoms with Gasteiger partial charge in [-0.25, -0.2) is 0 Å². The molecule has 3 aromatic rings. The molecule has 3 rings (SSSR count). The number of rotatable bonds is 3. The monoisotopic (exact) mass is 365 g/mol. The Morgan fingerprint density at radius 3 is 1.74 bits per heavy atom. The summed E-state index contributed by atoms with van der Waals surface area (Å²) in [7, 11) is 0. The first-order chi connectivity index (χ1) is 11.1. The summed E-state index contributed by atoms with van der Waals surface area (Å²) in [5.74, 6) is -0.00686. The standard InChI is InChI=1S/C20H16BrNO/c1-15(23)22(19-5-3-2-4-6-19)20-13-9-17(10-14-20)16-7-11-18(21)12-8-16/h2-14H,1H3. The molecule has 0 unspecified atom stereocenters. The second-order valence-corrected chi connectivity index (χ2v) is 6.16. The number of halogens is 1. The predicted octanol–water partition coefficient (Wildman–Crippen LogP) is 5.80. The van der Waals surface area contributed by atoms with Crippen molar-refractivity contribution < 1.29 is 4.79 Å². The first-order valence-electron chi connectivity index (χ1n) is 7.37. The van der Waals surface area contributed by atoms with Gasteiger partial charge in [0.15, 0.2) is 0 Å². The Balaban J connectivity index is 1.94. The van der Waals surface area contributed by atoms with Crippen molar-refractivity contribution in [3.8, 4) is 11.1 Å². The van der Waals surface area contributed by atoms with Crippen LogP contribution in [0.15, 0.2) is 83.3 Å². The number of anilines is 2. The zero-order valence-electron chi connectivity index (χ0n) is 12.7. The van der Waals surface area contributed by atoms with Gasteiger partial charge in [-0.15, -0.1) is 0 Å². The lowest BCUT2D eigenvalue weighted by atomic mass is 10.1. The molecule has 0 saturated carbocycles. The summed E-state index contributed by atoms with van der Waals surface area (Å²) in [5.41, 5.74) is 4.01. The number of benzene rings is 3. The summed E-state index contributed by atoms with van der Waals surface area (Å²) < 4.78 is 1.06. The Morgan fingerprint density at radius 1 is 0.739 bits per heavy atom. The fraction of sp³-hybridized carbons (Fsp3) is 0.0500. The number of carbonyl (C=O) groups is 1. The predicted molar refractivity (Wildman–Crippen MR) is 98.8 cm³/mol. The normalized spacial score (nSPS) is 10.3. The van der Waals surface area contributed by atoms with Crippen LogP contribution in [-0.2, 0) is 4.79 Å². The summed E-state index contributed by atoms with van der Waals surface area (Å²) in [5, 5.41) is 0. The van der Waals surface area contributed by atoms with Gasteiger partial charge >= 0.3 is 0 Å². The summed E-state index contributed by atoms with van der Waals surface area (Å²) in [6.45, 7) is 1.58. The lowest BCUT2D eigenvalue weighted by molar-refractivity contribution is -0.115. The molecule has 0 fully saturated rings. The van der Waals surface area contributed by atoms with Crippen molar-refractivity contribution in [1.82, 2.24) is 0 Å². The van der Waals surface area contributed by atoms with Crippen molar-refractivity contribution >= 4 is 33.2 Å². The van der Waals surface area contributed by atoms with Crippen LogP contribution in [0.5, 0.6) is 0 Å². The van der Waals surface area contributed by atoms with Crippen LogP contribution in [0.2, 0.25) is 0 Å². The molecule has 0 N–H and O–H groups in total. The molecule has 0 aliphatic carbocycles. The van der Waals surface area contributed by atoms with Crippen LogP contribution in [-0.4, -0.2) is 5.91 Å². The fourth-order valence-corrected chi connectivity index (χ4v) is 2.80. The minimum Gasteiger partial charge on any atom is -0.281 e. The highest BCUT2D eigenvalue weighted by Crippen LogP contribution is 2.28. The summed E-state index contributed by atoms with van der Waals surface area (Å²) in [6, 6.07) is 25.9. The van der Waals surface area contributed by atoms with E-state index in [9.17, 15) is 4.79 Å². The molecule has 0 aromatic heterocycles. The third kappa shape index (κ3) is 3.51. The van der Waals surface area contributed by atoms with E-state index in [1.807, 2.05) is 66.7 Å². The highest BCUT2D eigenvalue weighted by Gasteiger charge is 2.13. The second-order valence-electron chi connectivity index (χ2n) is 5.24. The number of para-hydroxylation sites is 1. The van der Waals surface area contributed by atoms with E-state index in [-0.39, 0.29) is 5.91 Å². The number of carbonyl (C=O) groups excluding carboxylic acids is 1. The molecular formula is C20H16BrNO. The van der Waals surface area contributed by atoms with E-state index in [0.717, 1.165) is 27.0 Å². The summed E-state index contributed by atoms with van der Waals surface area (Å²) in [6.07, 6.45) is 0. The highest BCUT2D eigenvalue weighted by atomic mass is 79.9. The third-order valence-corrected chi connectivity index (χ3v) is 4.16. The first-order valence-corrected chi connectivity index (χ1v) is 8.16. The van der Waals surface area contributed by atoms with Crippen molar-refractivity contribution in [2.45, 2.75) is 6.92 Å². The number of hydrogen-bond acceptors (Lipinski definition) is 1. The van der Waals surface area contributed by atoms with Crippen molar-refractivity contribution in [1.29, 1.82) is 0 Å². The molecule has 114 valence electrons. The van der Waals surface area contributed by atoms with Gasteiger partial charge in [0.05, 0.1) is 0 Å². The van der Waals surface area contributed by atoms with E-state index >= 15 is 0 Å². The molecule has 0 spiro atoms. The van der Waals surface area contributed by atoms with Crippen LogP contribution < -0.4 is 4.90 Å². The third-order valence-electron chi connectivity index (χ3n) is 3.63. The first kappa shape index (κ1) is 15.5. The van der Waals surface area contributed by atoms with Crippen LogP contribution in [0.1, 0.15) is 6.92 Å². The van der Waals surface area contributed by atoms with Gasteiger partial charge in [-0.2, -0.15) is 0 Å². The molecular weight excluding hydrogens is 350 g/mol. The zero-order valence-corrected chi connectivity index (χ0v) is 14.3. The van der Waals surface area contributed by atoms with Crippen LogP contribution in [0.25, 0.3) is 11.1 Å². The van der Waals surface area contributed by atoms with Crippen LogP contribution in [0, 0.1) is 0 Å². The van der Waals surface area contributed by atoms with E-state index in [1.165, 1.54) is 0 Å². The SMILES string of the molecule is CC(=O)N(c1ccccc1)c1ccc(-c2ccc(Br)cc2)cc1. The Kier molecular flexibility index (Phi) is 4.58. The summed E-state index contributed by atoms with van der Waals surface area (Å²) in [4.78, 5) is 13.8. The molecule has 0 aliphatic heterocycles. The molecule has 0 saturated heterocycles. The van der Waals surface area contributed by atoms with Crippen molar-refractivity contribution in [3.63, 3.8) is 0 Å². The maximum Gasteiger partial charge on any atom is 0.228 e. The molecule has 3 aromatic carbocycles. The van der Waals surface area contributed by atoms with Crippen molar-refractivity contribution in [2.24, 2.45) is 0 Å². The van der Waals surface area contributed by atoms with E-state index in [4.69, 9.17) is 0 Å². The maximum absolute atomic E-state index is 12.1. The zero-order chi connectivity index (χ0) is 16.2. The molecule has 0 atom stereocenters. The molecule has 0 bridgehead atoms. The Bertz CT molecular complexity index is 795. The minimum absolute atomic E-state index is 0.00686. The Hall–Kier alpha value is -2.39. The average Bonchev–Trinajstić information content (AvgIpc) is 2.57. The van der Waals surface area contributed by atoms with Gasteiger partial charge in [-0.05, 0) is 47.5 Å². The van der Waals surface area contributed by atoms with Crippen LogP contribution in [0.4, 0.5) is 11.4 Å².